The lowest BCUT2D eigenvalue weighted by Gasteiger charge is -2.15. The van der Waals surface area contributed by atoms with Crippen LogP contribution in [0.5, 0.6) is 0 Å². The molecule has 0 bridgehead atoms. The molecule has 0 aliphatic rings. The summed E-state index contributed by atoms with van der Waals surface area (Å²) >= 11 is 5.99. The van der Waals surface area contributed by atoms with Gasteiger partial charge in [0, 0.05) is 31.1 Å². The predicted molar refractivity (Wildman–Crippen MR) is 98.9 cm³/mol. The number of aromatic nitrogens is 5. The van der Waals surface area contributed by atoms with E-state index >= 15 is 0 Å². The van der Waals surface area contributed by atoms with Crippen LogP contribution >= 0.6 is 11.6 Å². The van der Waals surface area contributed by atoms with Crippen molar-refractivity contribution in [1.29, 1.82) is 0 Å². The van der Waals surface area contributed by atoms with Gasteiger partial charge in [-0.2, -0.15) is 0 Å². The van der Waals surface area contributed by atoms with Gasteiger partial charge in [-0.05, 0) is 13.0 Å². The second kappa shape index (κ2) is 8.19. The van der Waals surface area contributed by atoms with Crippen molar-refractivity contribution in [3.05, 3.63) is 52.7 Å². The first-order chi connectivity index (χ1) is 13.8. The van der Waals surface area contributed by atoms with Crippen molar-refractivity contribution >= 4 is 29.5 Å². The molecule has 3 aromatic heterocycles. The molecule has 1 atom stereocenters. The molecule has 0 saturated heterocycles. The summed E-state index contributed by atoms with van der Waals surface area (Å²) in [5.41, 5.74) is -0.0546. The van der Waals surface area contributed by atoms with Crippen LogP contribution in [0, 0.1) is 5.82 Å². The summed E-state index contributed by atoms with van der Waals surface area (Å²) < 4.78 is 20.5. The number of anilines is 1. The Morgan fingerprint density at radius 1 is 1.38 bits per heavy atom. The van der Waals surface area contributed by atoms with Gasteiger partial charge in [-0.3, -0.25) is 10.3 Å². The Kier molecular flexibility index (Phi) is 5.69. The quantitative estimate of drug-likeness (QED) is 0.602. The molecule has 0 saturated carbocycles. The fourth-order valence-corrected chi connectivity index (χ4v) is 2.71. The SMILES string of the molecule is C[C@@H](OC(=O)Nc1c(-c2cc(F)c(C(=O)O)cn2)nnn1C)c1cccnc1Cl. The summed E-state index contributed by atoms with van der Waals surface area (Å²) in [5, 5.41) is 19.2. The van der Waals surface area contributed by atoms with Gasteiger partial charge in [-0.25, -0.2) is 23.6 Å². The first kappa shape index (κ1) is 20.1. The van der Waals surface area contributed by atoms with E-state index in [1.165, 1.54) is 17.9 Å². The summed E-state index contributed by atoms with van der Waals surface area (Å²) in [6.07, 6.45) is 0.822. The maximum Gasteiger partial charge on any atom is 0.413 e. The number of carboxylic acids is 1. The molecule has 150 valence electrons. The van der Waals surface area contributed by atoms with E-state index in [0.717, 1.165) is 12.3 Å². The minimum atomic E-state index is -1.45. The van der Waals surface area contributed by atoms with Crippen LogP contribution in [0.15, 0.2) is 30.6 Å². The van der Waals surface area contributed by atoms with Gasteiger partial charge in [0.15, 0.2) is 11.5 Å². The van der Waals surface area contributed by atoms with E-state index in [9.17, 15) is 14.0 Å². The average Bonchev–Trinajstić information content (AvgIpc) is 3.02. The monoisotopic (exact) mass is 420 g/mol. The second-order valence-corrected chi connectivity index (χ2v) is 6.18. The van der Waals surface area contributed by atoms with E-state index in [4.69, 9.17) is 21.4 Å². The van der Waals surface area contributed by atoms with Crippen molar-refractivity contribution in [1.82, 2.24) is 25.0 Å². The summed E-state index contributed by atoms with van der Waals surface area (Å²) in [6, 6.07) is 4.21. The molecule has 10 nitrogen and oxygen atoms in total. The first-order valence-electron chi connectivity index (χ1n) is 8.15. The second-order valence-electron chi connectivity index (χ2n) is 5.82. The van der Waals surface area contributed by atoms with E-state index < -0.39 is 29.5 Å². The largest absolute Gasteiger partial charge is 0.478 e. The van der Waals surface area contributed by atoms with Crippen LogP contribution in [-0.4, -0.2) is 42.1 Å². The Balaban J connectivity index is 1.81. The highest BCUT2D eigenvalue weighted by Gasteiger charge is 2.22. The molecule has 3 heterocycles. The van der Waals surface area contributed by atoms with Crippen LogP contribution in [0.2, 0.25) is 5.15 Å². The van der Waals surface area contributed by atoms with Crippen molar-refractivity contribution in [2.45, 2.75) is 13.0 Å². The van der Waals surface area contributed by atoms with E-state index in [2.05, 4.69) is 25.6 Å². The van der Waals surface area contributed by atoms with Crippen LogP contribution in [0.4, 0.5) is 15.0 Å². The number of rotatable bonds is 5. The molecule has 0 unspecified atom stereocenters. The number of ether oxygens (including phenoxy) is 1. The summed E-state index contributed by atoms with van der Waals surface area (Å²) in [4.78, 5) is 31.0. The number of carbonyl (C=O) groups is 2. The molecule has 1 amide bonds. The highest BCUT2D eigenvalue weighted by atomic mass is 35.5. The highest BCUT2D eigenvalue weighted by molar-refractivity contribution is 6.30. The van der Waals surface area contributed by atoms with Crippen molar-refractivity contribution in [3.8, 4) is 11.4 Å². The van der Waals surface area contributed by atoms with Gasteiger partial charge < -0.3 is 9.84 Å². The van der Waals surface area contributed by atoms with E-state index in [1.54, 1.807) is 19.1 Å². The molecule has 0 aliphatic heterocycles. The number of aromatic carboxylic acids is 1. The number of carbonyl (C=O) groups excluding carboxylic acids is 1. The Bertz CT molecular complexity index is 1090. The van der Waals surface area contributed by atoms with Crippen LogP contribution in [-0.2, 0) is 11.8 Å². The van der Waals surface area contributed by atoms with Crippen LogP contribution < -0.4 is 5.32 Å². The van der Waals surface area contributed by atoms with Crippen molar-refractivity contribution in [2.24, 2.45) is 7.05 Å². The minimum Gasteiger partial charge on any atom is -0.478 e. The zero-order valence-electron chi connectivity index (χ0n) is 15.1. The summed E-state index contributed by atoms with van der Waals surface area (Å²) in [5.74, 6) is -2.37. The van der Waals surface area contributed by atoms with Crippen LogP contribution in [0.3, 0.4) is 0 Å². The molecule has 29 heavy (non-hydrogen) atoms. The zero-order chi connectivity index (χ0) is 21.1. The van der Waals surface area contributed by atoms with Gasteiger partial charge in [-0.1, -0.05) is 22.9 Å². The standard InChI is InChI=1S/C17H14ClFN6O4/c1-8(9-4-3-5-20-14(9)18)29-17(28)22-15-13(23-24-25(15)2)12-6-11(19)10(7-21-12)16(26)27/h3-8H,1-2H3,(H,22,28)(H,26,27)/t8-/m1/s1. The number of amides is 1. The number of pyridine rings is 2. The first-order valence-corrected chi connectivity index (χ1v) is 8.52. The van der Waals surface area contributed by atoms with Crippen molar-refractivity contribution in [2.75, 3.05) is 5.32 Å². The normalized spacial score (nSPS) is 11.7. The van der Waals surface area contributed by atoms with E-state index in [1.807, 2.05) is 0 Å². The fraction of sp³-hybridized carbons (Fsp3) is 0.176. The molecule has 2 N–H and O–H groups in total. The number of nitrogens with zero attached hydrogens (tertiary/aromatic N) is 5. The molecule has 12 heteroatoms. The molecule has 0 fully saturated rings. The van der Waals surface area contributed by atoms with Gasteiger partial charge in [-0.15, -0.1) is 5.10 Å². The molecule has 0 spiro atoms. The minimum absolute atomic E-state index is 0.0146. The highest BCUT2D eigenvalue weighted by Crippen LogP contribution is 2.27. The summed E-state index contributed by atoms with van der Waals surface area (Å²) in [7, 11) is 1.50. The Morgan fingerprint density at radius 3 is 2.79 bits per heavy atom. The molecule has 3 rings (SSSR count). The molecular formula is C17H14ClFN6O4. The topological polar surface area (TPSA) is 132 Å². The third-order valence-electron chi connectivity index (χ3n) is 3.88. The number of nitrogens with one attached hydrogen (secondary N) is 1. The molecular weight excluding hydrogens is 407 g/mol. The zero-order valence-corrected chi connectivity index (χ0v) is 15.9. The van der Waals surface area contributed by atoms with Gasteiger partial charge in [0.25, 0.3) is 0 Å². The third kappa shape index (κ3) is 4.29. The number of carboxylic acid groups (broad SMARTS) is 1. The maximum absolute atomic E-state index is 14.0. The molecule has 0 aromatic carbocycles. The Morgan fingerprint density at radius 2 is 2.14 bits per heavy atom. The fourth-order valence-electron chi connectivity index (χ4n) is 2.44. The number of halogens is 2. The lowest BCUT2D eigenvalue weighted by molar-refractivity contribution is 0.0691. The van der Waals surface area contributed by atoms with Crippen LogP contribution in [0.1, 0.15) is 28.9 Å². The Hall–Kier alpha value is -3.60. The maximum atomic E-state index is 14.0. The lowest BCUT2D eigenvalue weighted by atomic mass is 10.2. The van der Waals surface area contributed by atoms with E-state index in [-0.39, 0.29) is 22.4 Å². The predicted octanol–water partition coefficient (Wildman–Crippen LogP) is 3.07. The average molecular weight is 421 g/mol. The Labute approximate surface area is 168 Å². The summed E-state index contributed by atoms with van der Waals surface area (Å²) in [6.45, 7) is 1.62. The van der Waals surface area contributed by atoms with Gasteiger partial charge in [0.2, 0.25) is 0 Å². The van der Waals surface area contributed by atoms with Gasteiger partial charge in [0.1, 0.15) is 22.6 Å². The lowest BCUT2D eigenvalue weighted by Crippen LogP contribution is -2.18. The van der Waals surface area contributed by atoms with Crippen molar-refractivity contribution in [3.63, 3.8) is 0 Å². The molecule has 3 aromatic rings. The van der Waals surface area contributed by atoms with Crippen LogP contribution in [0.25, 0.3) is 11.4 Å². The third-order valence-corrected chi connectivity index (χ3v) is 4.20. The number of hydrogen-bond donors (Lipinski definition) is 2. The van der Waals surface area contributed by atoms with Gasteiger partial charge in [0.05, 0.1) is 5.69 Å². The number of hydrogen-bond acceptors (Lipinski definition) is 7. The molecule has 0 aliphatic carbocycles. The van der Waals surface area contributed by atoms with Gasteiger partial charge >= 0.3 is 12.1 Å². The van der Waals surface area contributed by atoms with E-state index in [0.29, 0.717) is 5.56 Å². The van der Waals surface area contributed by atoms with Crippen molar-refractivity contribution < 1.29 is 23.8 Å². The molecule has 0 radical (unpaired) electrons. The number of aryl methyl sites for hydroxylation is 1. The smallest absolute Gasteiger partial charge is 0.413 e.